The predicted molar refractivity (Wildman–Crippen MR) is 76.8 cm³/mol. The van der Waals surface area contributed by atoms with E-state index >= 15 is 0 Å². The minimum absolute atomic E-state index is 0.0206. The van der Waals surface area contributed by atoms with Gasteiger partial charge < -0.3 is 4.74 Å². The molecule has 1 N–H and O–H groups in total. The van der Waals surface area contributed by atoms with Gasteiger partial charge in [-0.1, -0.05) is 18.2 Å². The molecule has 1 aromatic heterocycles. The number of aromatic nitrogens is 3. The highest BCUT2D eigenvalue weighted by Gasteiger charge is 2.22. The molecular formula is C14H17N3O3S. The van der Waals surface area contributed by atoms with Crippen LogP contribution in [0, 0.1) is 0 Å². The summed E-state index contributed by atoms with van der Waals surface area (Å²) in [7, 11) is -3.28. The monoisotopic (exact) mass is 307 g/mol. The maximum absolute atomic E-state index is 12.2. The molecule has 7 heteroatoms. The van der Waals surface area contributed by atoms with Crippen molar-refractivity contribution in [3.8, 4) is 0 Å². The van der Waals surface area contributed by atoms with E-state index in [1.807, 2.05) is 0 Å². The van der Waals surface area contributed by atoms with Crippen LogP contribution in [-0.4, -0.2) is 42.6 Å². The van der Waals surface area contributed by atoms with Crippen LogP contribution in [0.4, 0.5) is 0 Å². The first-order chi connectivity index (χ1) is 10.1. The van der Waals surface area contributed by atoms with Crippen LogP contribution < -0.4 is 0 Å². The van der Waals surface area contributed by atoms with Crippen LogP contribution in [0.1, 0.15) is 24.0 Å². The van der Waals surface area contributed by atoms with Crippen LogP contribution in [0.3, 0.4) is 0 Å². The Kier molecular flexibility index (Phi) is 4.03. The summed E-state index contributed by atoms with van der Waals surface area (Å²) in [6, 6.07) is 8.46. The molecule has 0 aliphatic carbocycles. The smallest absolute Gasteiger partial charge is 0.178 e. The van der Waals surface area contributed by atoms with Crippen LogP contribution in [0.25, 0.3) is 0 Å². The average Bonchev–Trinajstić information content (AvgIpc) is 3.17. The summed E-state index contributed by atoms with van der Waals surface area (Å²) < 4.78 is 29.7. The van der Waals surface area contributed by atoms with Crippen molar-refractivity contribution in [2.24, 2.45) is 0 Å². The molecule has 2 aromatic rings. The molecule has 0 amide bonds. The van der Waals surface area contributed by atoms with Gasteiger partial charge >= 0.3 is 0 Å². The van der Waals surface area contributed by atoms with Crippen molar-refractivity contribution in [1.82, 2.24) is 15.2 Å². The summed E-state index contributed by atoms with van der Waals surface area (Å²) in [6.45, 7) is 1.37. The van der Waals surface area contributed by atoms with Crippen LogP contribution in [-0.2, 0) is 21.0 Å². The number of nitrogens with one attached hydrogen (secondary N) is 1. The molecular weight excluding hydrogens is 290 g/mol. The van der Waals surface area contributed by atoms with Gasteiger partial charge in [-0.15, -0.1) is 0 Å². The lowest BCUT2D eigenvalue weighted by Gasteiger charge is -2.02. The minimum atomic E-state index is -3.28. The number of sulfone groups is 1. The molecule has 0 spiro atoms. The number of hydrogen-bond donors (Lipinski definition) is 1. The Morgan fingerprint density at radius 3 is 2.81 bits per heavy atom. The second kappa shape index (κ2) is 5.95. The molecule has 1 saturated heterocycles. The van der Waals surface area contributed by atoms with E-state index in [9.17, 15) is 8.42 Å². The number of benzene rings is 1. The van der Waals surface area contributed by atoms with E-state index in [2.05, 4.69) is 15.2 Å². The third-order valence-electron chi connectivity index (χ3n) is 3.55. The topological polar surface area (TPSA) is 84.9 Å². The van der Waals surface area contributed by atoms with Crippen molar-refractivity contribution >= 4 is 9.84 Å². The normalized spacial score (nSPS) is 19.0. The number of ether oxygens (including phenoxy) is 1. The molecule has 0 radical (unpaired) electrons. The van der Waals surface area contributed by atoms with E-state index in [-0.39, 0.29) is 11.7 Å². The highest BCUT2D eigenvalue weighted by atomic mass is 32.2. The van der Waals surface area contributed by atoms with Crippen molar-refractivity contribution in [1.29, 1.82) is 0 Å². The van der Waals surface area contributed by atoms with Gasteiger partial charge in [0, 0.05) is 18.9 Å². The Labute approximate surface area is 123 Å². The largest absolute Gasteiger partial charge is 0.381 e. The average molecular weight is 307 g/mol. The summed E-state index contributed by atoms with van der Waals surface area (Å²) in [6.07, 6.45) is 1.25. The van der Waals surface area contributed by atoms with Crippen LogP contribution in [0.5, 0.6) is 0 Å². The summed E-state index contributed by atoms with van der Waals surface area (Å²) >= 11 is 0. The summed E-state index contributed by atoms with van der Waals surface area (Å²) in [5.41, 5.74) is 0. The molecule has 3 rings (SSSR count). The Hall–Kier alpha value is -1.73. The van der Waals surface area contributed by atoms with Crippen molar-refractivity contribution in [3.63, 3.8) is 0 Å². The van der Waals surface area contributed by atoms with Gasteiger partial charge in [0.15, 0.2) is 15.7 Å². The lowest BCUT2D eigenvalue weighted by atomic mass is 10.1. The molecule has 112 valence electrons. The first-order valence-electron chi connectivity index (χ1n) is 6.92. The SMILES string of the molecule is O=S(=O)(CCc1nc(C2CCOC2)n[nH]1)c1ccccc1. The maximum atomic E-state index is 12.2. The van der Waals surface area contributed by atoms with Crippen molar-refractivity contribution < 1.29 is 13.2 Å². The predicted octanol–water partition coefficient (Wildman–Crippen LogP) is 1.32. The molecule has 6 nitrogen and oxygen atoms in total. The molecule has 1 atom stereocenters. The lowest BCUT2D eigenvalue weighted by Crippen LogP contribution is -2.10. The molecule has 21 heavy (non-hydrogen) atoms. The number of nitrogens with zero attached hydrogens (tertiary/aromatic N) is 2. The second-order valence-electron chi connectivity index (χ2n) is 5.08. The van der Waals surface area contributed by atoms with Gasteiger partial charge in [-0.25, -0.2) is 13.4 Å². The lowest BCUT2D eigenvalue weighted by molar-refractivity contribution is 0.193. The summed E-state index contributed by atoms with van der Waals surface area (Å²) in [5, 5.41) is 6.99. The number of rotatable bonds is 5. The van der Waals surface area contributed by atoms with Crippen molar-refractivity contribution in [2.75, 3.05) is 19.0 Å². The Bertz CT molecular complexity index is 691. The zero-order valence-corrected chi connectivity index (χ0v) is 12.3. The number of hydrogen-bond acceptors (Lipinski definition) is 5. The molecule has 1 fully saturated rings. The molecule has 0 bridgehead atoms. The molecule has 1 unspecified atom stereocenters. The zero-order valence-electron chi connectivity index (χ0n) is 11.5. The first-order valence-corrected chi connectivity index (χ1v) is 8.57. The zero-order chi connectivity index (χ0) is 14.7. The molecule has 0 saturated carbocycles. The Morgan fingerprint density at radius 1 is 1.29 bits per heavy atom. The quantitative estimate of drug-likeness (QED) is 0.900. The van der Waals surface area contributed by atoms with Crippen molar-refractivity contribution in [3.05, 3.63) is 42.0 Å². The molecule has 1 aliphatic heterocycles. The van der Waals surface area contributed by atoms with Gasteiger partial charge in [-0.2, -0.15) is 5.10 Å². The van der Waals surface area contributed by atoms with Gasteiger partial charge in [0.05, 0.1) is 17.3 Å². The summed E-state index contributed by atoms with van der Waals surface area (Å²) in [5.74, 6) is 1.57. The van der Waals surface area contributed by atoms with Gasteiger partial charge in [-0.05, 0) is 18.6 Å². The van der Waals surface area contributed by atoms with Gasteiger partial charge in [-0.3, -0.25) is 5.10 Å². The van der Waals surface area contributed by atoms with E-state index in [1.54, 1.807) is 30.3 Å². The Balaban J connectivity index is 1.65. The van der Waals surface area contributed by atoms with Gasteiger partial charge in [0.1, 0.15) is 5.82 Å². The fourth-order valence-corrected chi connectivity index (χ4v) is 3.59. The second-order valence-corrected chi connectivity index (χ2v) is 7.19. The summed E-state index contributed by atoms with van der Waals surface area (Å²) in [4.78, 5) is 4.72. The third-order valence-corrected chi connectivity index (χ3v) is 5.29. The number of H-pyrrole nitrogens is 1. The number of aromatic amines is 1. The standard InChI is InChI=1S/C14H17N3O3S/c18-21(19,12-4-2-1-3-5-12)9-7-13-15-14(17-16-13)11-6-8-20-10-11/h1-5,11H,6-10H2,(H,15,16,17). The maximum Gasteiger partial charge on any atom is 0.178 e. The molecule has 2 heterocycles. The third kappa shape index (κ3) is 3.30. The van der Waals surface area contributed by atoms with Crippen molar-refractivity contribution in [2.45, 2.75) is 23.7 Å². The van der Waals surface area contributed by atoms with Crippen LogP contribution in [0.15, 0.2) is 35.2 Å². The van der Waals surface area contributed by atoms with E-state index < -0.39 is 9.84 Å². The van der Waals surface area contributed by atoms with E-state index in [0.717, 1.165) is 18.9 Å². The fraction of sp³-hybridized carbons (Fsp3) is 0.429. The number of aryl methyl sites for hydroxylation is 1. The van der Waals surface area contributed by atoms with E-state index in [0.29, 0.717) is 23.7 Å². The first kappa shape index (κ1) is 14.2. The van der Waals surface area contributed by atoms with E-state index in [4.69, 9.17) is 4.74 Å². The van der Waals surface area contributed by atoms with E-state index in [1.165, 1.54) is 0 Å². The molecule has 1 aromatic carbocycles. The minimum Gasteiger partial charge on any atom is -0.381 e. The Morgan fingerprint density at radius 2 is 2.10 bits per heavy atom. The molecule has 1 aliphatic rings. The highest BCUT2D eigenvalue weighted by Crippen LogP contribution is 2.22. The van der Waals surface area contributed by atoms with Crippen LogP contribution >= 0.6 is 0 Å². The van der Waals surface area contributed by atoms with Gasteiger partial charge in [0.2, 0.25) is 0 Å². The van der Waals surface area contributed by atoms with Gasteiger partial charge in [0.25, 0.3) is 0 Å². The van der Waals surface area contributed by atoms with Crippen LogP contribution in [0.2, 0.25) is 0 Å². The highest BCUT2D eigenvalue weighted by molar-refractivity contribution is 7.91. The fourth-order valence-electron chi connectivity index (χ4n) is 2.32.